The van der Waals surface area contributed by atoms with E-state index < -0.39 is 12.1 Å². The van der Waals surface area contributed by atoms with E-state index >= 15 is 0 Å². The number of aromatic nitrogens is 1. The second kappa shape index (κ2) is 10.7. The van der Waals surface area contributed by atoms with Crippen molar-refractivity contribution in [2.24, 2.45) is 5.92 Å². The Kier molecular flexibility index (Phi) is 8.12. The van der Waals surface area contributed by atoms with Gasteiger partial charge in [0.25, 0.3) is 0 Å². The molecule has 0 amide bonds. The highest BCUT2D eigenvalue weighted by Crippen LogP contribution is 2.39. The molecule has 188 valence electrons. The molecule has 10 heteroatoms. The second-order valence-electron chi connectivity index (χ2n) is 9.12. The molecule has 1 fully saturated rings. The van der Waals surface area contributed by atoms with Gasteiger partial charge in [0.15, 0.2) is 11.5 Å². The summed E-state index contributed by atoms with van der Waals surface area (Å²) < 4.78 is 43.6. The molecular formula is C24H32F3N3O4. The largest absolute Gasteiger partial charge is 0.493 e. The minimum Gasteiger partial charge on any atom is -0.493 e. The van der Waals surface area contributed by atoms with Crippen LogP contribution in [0.25, 0.3) is 10.9 Å². The Hall–Kier alpha value is -2.75. The van der Waals surface area contributed by atoms with Crippen molar-refractivity contribution in [1.29, 1.82) is 0 Å². The summed E-state index contributed by atoms with van der Waals surface area (Å²) in [5.41, 5.74) is 3.80. The van der Waals surface area contributed by atoms with E-state index in [1.165, 1.54) is 29.4 Å². The van der Waals surface area contributed by atoms with Gasteiger partial charge in [0.2, 0.25) is 0 Å². The van der Waals surface area contributed by atoms with Crippen LogP contribution in [-0.4, -0.2) is 67.0 Å². The maximum absolute atomic E-state index is 10.6. The first-order valence-electron chi connectivity index (χ1n) is 11.4. The highest BCUT2D eigenvalue weighted by Gasteiger charge is 2.38. The van der Waals surface area contributed by atoms with Crippen LogP contribution in [0.1, 0.15) is 37.8 Å². The van der Waals surface area contributed by atoms with Crippen LogP contribution in [0, 0.1) is 5.92 Å². The van der Waals surface area contributed by atoms with Crippen molar-refractivity contribution in [3.63, 3.8) is 0 Å². The molecule has 0 radical (unpaired) electrons. The van der Waals surface area contributed by atoms with Crippen LogP contribution in [0.4, 0.5) is 19.0 Å². The van der Waals surface area contributed by atoms with Crippen molar-refractivity contribution >= 4 is 22.7 Å². The molecule has 0 spiro atoms. The third kappa shape index (κ3) is 6.22. The fourth-order valence-corrected chi connectivity index (χ4v) is 4.41. The number of carboxylic acid groups (broad SMARTS) is 1. The lowest BCUT2D eigenvalue weighted by molar-refractivity contribution is -0.192. The molecule has 2 aromatic rings. The third-order valence-electron chi connectivity index (χ3n) is 5.97. The van der Waals surface area contributed by atoms with Gasteiger partial charge in [-0.1, -0.05) is 0 Å². The summed E-state index contributed by atoms with van der Waals surface area (Å²) in [6.45, 7) is 7.31. The molecule has 2 heterocycles. The Morgan fingerprint density at radius 1 is 1.26 bits per heavy atom. The standard InChI is InChI=1S/C22H31N3O2.C2HF3O2/c1-14(2)23-22-17-7-5-6-16(17)18-10-20(26-4)21(11-19(18)24-22)27-13-15-8-9-25(3)12-15;3-2(4,5)1(6)7/h10-11,14-15H,5-9,12-13H2,1-4H3,(H,23,24);(H,6,7). The van der Waals surface area contributed by atoms with E-state index in [1.807, 2.05) is 0 Å². The lowest BCUT2D eigenvalue weighted by atomic mass is 10.0. The average molecular weight is 484 g/mol. The molecule has 1 unspecified atom stereocenters. The minimum absolute atomic E-state index is 0.368. The number of halogens is 3. The SMILES string of the molecule is COc1cc2c3c(c(NC(C)C)nc2cc1OCC1CCN(C)C1)CCC3.O=C(O)C(F)(F)F. The fourth-order valence-electron chi connectivity index (χ4n) is 4.41. The Balaban J connectivity index is 0.000000406. The van der Waals surface area contributed by atoms with Crippen molar-refractivity contribution in [2.75, 3.05) is 39.2 Å². The van der Waals surface area contributed by atoms with Crippen LogP contribution in [0.15, 0.2) is 12.1 Å². The second-order valence-corrected chi connectivity index (χ2v) is 9.12. The van der Waals surface area contributed by atoms with Crippen molar-refractivity contribution in [3.8, 4) is 11.5 Å². The average Bonchev–Trinajstić information content (AvgIpc) is 3.40. The zero-order chi connectivity index (χ0) is 25.0. The number of carboxylic acids is 1. The van der Waals surface area contributed by atoms with E-state index in [0.29, 0.717) is 12.0 Å². The molecule has 1 saturated heterocycles. The fraction of sp³-hybridized carbons (Fsp3) is 0.583. The van der Waals surface area contributed by atoms with Crippen LogP contribution in [0.3, 0.4) is 0 Å². The number of hydrogen-bond donors (Lipinski definition) is 2. The number of rotatable bonds is 6. The number of nitrogens with zero attached hydrogens (tertiary/aromatic N) is 2. The molecule has 1 aromatic heterocycles. The smallest absolute Gasteiger partial charge is 0.490 e. The number of hydrogen-bond acceptors (Lipinski definition) is 6. The minimum atomic E-state index is -5.08. The molecule has 1 atom stereocenters. The van der Waals surface area contributed by atoms with Gasteiger partial charge in [-0.25, -0.2) is 9.78 Å². The lowest BCUT2D eigenvalue weighted by Gasteiger charge is -2.18. The summed E-state index contributed by atoms with van der Waals surface area (Å²) in [6.07, 6.45) is -0.485. The summed E-state index contributed by atoms with van der Waals surface area (Å²) in [5.74, 6) is 0.488. The summed E-state index contributed by atoms with van der Waals surface area (Å²) in [4.78, 5) is 16.2. The number of fused-ring (bicyclic) bond motifs is 3. The Bertz CT molecular complexity index is 1030. The van der Waals surface area contributed by atoms with E-state index in [2.05, 4.69) is 43.2 Å². The zero-order valence-corrected chi connectivity index (χ0v) is 20.0. The summed E-state index contributed by atoms with van der Waals surface area (Å²) in [5, 5.41) is 11.9. The van der Waals surface area contributed by atoms with E-state index in [-0.39, 0.29) is 0 Å². The first-order chi connectivity index (χ1) is 16.0. The summed E-state index contributed by atoms with van der Waals surface area (Å²) >= 11 is 0. The predicted molar refractivity (Wildman–Crippen MR) is 124 cm³/mol. The molecule has 7 nitrogen and oxygen atoms in total. The number of methoxy groups -OCH3 is 1. The van der Waals surface area contributed by atoms with Gasteiger partial charge >= 0.3 is 12.1 Å². The Morgan fingerprint density at radius 3 is 2.50 bits per heavy atom. The quantitative estimate of drug-likeness (QED) is 0.625. The number of likely N-dealkylation sites (tertiary alicyclic amines) is 1. The lowest BCUT2D eigenvalue weighted by Crippen LogP contribution is -2.21. The number of aryl methyl sites for hydroxylation is 1. The van der Waals surface area contributed by atoms with Gasteiger partial charge in [-0.15, -0.1) is 0 Å². The molecule has 34 heavy (non-hydrogen) atoms. The molecule has 1 aliphatic heterocycles. The van der Waals surface area contributed by atoms with E-state index in [4.69, 9.17) is 24.4 Å². The number of nitrogens with one attached hydrogen (secondary N) is 1. The number of anilines is 1. The van der Waals surface area contributed by atoms with Gasteiger partial charge in [-0.2, -0.15) is 13.2 Å². The van der Waals surface area contributed by atoms with E-state index in [1.54, 1.807) is 7.11 Å². The highest BCUT2D eigenvalue weighted by molar-refractivity contribution is 5.89. The molecule has 1 aromatic carbocycles. The van der Waals surface area contributed by atoms with Gasteiger partial charge in [0.05, 0.1) is 19.2 Å². The number of alkyl halides is 3. The molecule has 0 saturated carbocycles. The van der Waals surface area contributed by atoms with Crippen molar-refractivity contribution in [2.45, 2.75) is 51.7 Å². The highest BCUT2D eigenvalue weighted by atomic mass is 19.4. The Morgan fingerprint density at radius 2 is 1.94 bits per heavy atom. The number of benzene rings is 1. The van der Waals surface area contributed by atoms with Crippen molar-refractivity contribution in [1.82, 2.24) is 9.88 Å². The van der Waals surface area contributed by atoms with Crippen molar-refractivity contribution < 1.29 is 32.5 Å². The number of aliphatic carboxylic acids is 1. The van der Waals surface area contributed by atoms with E-state index in [9.17, 15) is 13.2 Å². The molecule has 2 N–H and O–H groups in total. The topological polar surface area (TPSA) is 83.9 Å². The van der Waals surface area contributed by atoms with Crippen LogP contribution < -0.4 is 14.8 Å². The molecule has 4 rings (SSSR count). The molecule has 0 bridgehead atoms. The predicted octanol–water partition coefficient (Wildman–Crippen LogP) is 4.52. The Labute approximate surface area is 197 Å². The first kappa shape index (κ1) is 25.9. The summed E-state index contributed by atoms with van der Waals surface area (Å²) in [6, 6.07) is 4.56. The maximum atomic E-state index is 10.6. The van der Waals surface area contributed by atoms with Gasteiger partial charge in [-0.05, 0) is 70.3 Å². The number of ether oxygens (including phenoxy) is 2. The van der Waals surface area contributed by atoms with Crippen LogP contribution >= 0.6 is 0 Å². The molecule has 1 aliphatic carbocycles. The maximum Gasteiger partial charge on any atom is 0.490 e. The monoisotopic (exact) mass is 483 g/mol. The normalized spacial score (nSPS) is 17.9. The molecular weight excluding hydrogens is 451 g/mol. The van der Waals surface area contributed by atoms with E-state index in [0.717, 1.165) is 55.4 Å². The van der Waals surface area contributed by atoms with Crippen LogP contribution in [-0.2, 0) is 17.6 Å². The third-order valence-corrected chi connectivity index (χ3v) is 5.97. The summed E-state index contributed by atoms with van der Waals surface area (Å²) in [7, 11) is 3.89. The van der Waals surface area contributed by atoms with Crippen molar-refractivity contribution in [3.05, 3.63) is 23.3 Å². The van der Waals surface area contributed by atoms with Crippen LogP contribution in [0.2, 0.25) is 0 Å². The number of pyridine rings is 1. The van der Waals surface area contributed by atoms with Gasteiger partial charge < -0.3 is 24.8 Å². The van der Waals surface area contributed by atoms with Gasteiger partial charge in [0.1, 0.15) is 5.82 Å². The zero-order valence-electron chi connectivity index (χ0n) is 20.0. The first-order valence-corrected chi connectivity index (χ1v) is 11.4. The van der Waals surface area contributed by atoms with Gasteiger partial charge in [0, 0.05) is 30.0 Å². The van der Waals surface area contributed by atoms with Crippen LogP contribution in [0.5, 0.6) is 11.5 Å². The van der Waals surface area contributed by atoms with Gasteiger partial charge in [-0.3, -0.25) is 0 Å². The molecule has 2 aliphatic rings. The number of carbonyl (C=O) groups is 1.